The Kier molecular flexibility index (Phi) is 3.63. The molecule has 2 aromatic carbocycles. The predicted molar refractivity (Wildman–Crippen MR) is 80.9 cm³/mol. The second-order valence-corrected chi connectivity index (χ2v) is 5.76. The van der Waals surface area contributed by atoms with E-state index in [4.69, 9.17) is 27.9 Å². The normalized spacial score (nSPS) is 20.8. The van der Waals surface area contributed by atoms with Crippen LogP contribution in [0.4, 0.5) is 0 Å². The van der Waals surface area contributed by atoms with E-state index in [1.165, 1.54) is 0 Å². The fourth-order valence-corrected chi connectivity index (χ4v) is 3.22. The fourth-order valence-electron chi connectivity index (χ4n) is 2.91. The van der Waals surface area contributed by atoms with Crippen LogP contribution < -0.4 is 4.74 Å². The second kappa shape index (κ2) is 5.28. The Morgan fingerprint density at radius 3 is 2.65 bits per heavy atom. The first kappa shape index (κ1) is 13.7. The van der Waals surface area contributed by atoms with Crippen LogP contribution in [-0.2, 0) is 0 Å². The van der Waals surface area contributed by atoms with E-state index in [0.717, 1.165) is 22.4 Å². The number of rotatable bonds is 2. The van der Waals surface area contributed by atoms with Gasteiger partial charge in [-0.25, -0.2) is 0 Å². The molecule has 1 aliphatic rings. The van der Waals surface area contributed by atoms with Crippen molar-refractivity contribution in [2.24, 2.45) is 0 Å². The van der Waals surface area contributed by atoms with Crippen LogP contribution in [0.1, 0.15) is 35.1 Å². The molecule has 0 amide bonds. The molecular formula is C16H14Cl2O2. The summed E-state index contributed by atoms with van der Waals surface area (Å²) >= 11 is 12.1. The monoisotopic (exact) mass is 308 g/mol. The van der Waals surface area contributed by atoms with Crippen molar-refractivity contribution in [2.75, 3.05) is 7.11 Å². The number of benzene rings is 2. The van der Waals surface area contributed by atoms with E-state index in [9.17, 15) is 5.11 Å². The van der Waals surface area contributed by atoms with Gasteiger partial charge >= 0.3 is 0 Å². The Labute approximate surface area is 127 Å². The highest BCUT2D eigenvalue weighted by Gasteiger charge is 2.33. The first-order valence-corrected chi connectivity index (χ1v) is 7.17. The van der Waals surface area contributed by atoms with E-state index < -0.39 is 6.10 Å². The summed E-state index contributed by atoms with van der Waals surface area (Å²) < 4.78 is 5.35. The molecule has 2 nitrogen and oxygen atoms in total. The van der Waals surface area contributed by atoms with Gasteiger partial charge in [-0.3, -0.25) is 0 Å². The fraction of sp³-hybridized carbons (Fsp3) is 0.250. The zero-order valence-corrected chi connectivity index (χ0v) is 12.4. The Balaban J connectivity index is 2.09. The largest absolute Gasteiger partial charge is 0.496 e. The Morgan fingerprint density at radius 2 is 1.95 bits per heavy atom. The van der Waals surface area contributed by atoms with Gasteiger partial charge in [0.15, 0.2) is 0 Å². The van der Waals surface area contributed by atoms with Crippen LogP contribution in [-0.4, -0.2) is 12.2 Å². The summed E-state index contributed by atoms with van der Waals surface area (Å²) in [6.07, 6.45) is 0.119. The molecule has 2 aromatic rings. The molecule has 0 aromatic heterocycles. The number of hydrogen-bond donors (Lipinski definition) is 1. The highest BCUT2D eigenvalue weighted by Crippen LogP contribution is 2.48. The molecule has 3 rings (SSSR count). The van der Waals surface area contributed by atoms with Crippen LogP contribution >= 0.6 is 23.2 Å². The number of methoxy groups -OCH3 is 1. The molecule has 1 aliphatic carbocycles. The summed E-state index contributed by atoms with van der Waals surface area (Å²) in [4.78, 5) is 0. The third kappa shape index (κ3) is 2.18. The lowest BCUT2D eigenvalue weighted by Gasteiger charge is -2.13. The van der Waals surface area contributed by atoms with E-state index in [1.807, 2.05) is 30.3 Å². The van der Waals surface area contributed by atoms with Gasteiger partial charge in [0.2, 0.25) is 0 Å². The molecule has 104 valence electrons. The Hall–Kier alpha value is -1.22. The Morgan fingerprint density at radius 1 is 1.15 bits per heavy atom. The van der Waals surface area contributed by atoms with Crippen molar-refractivity contribution in [1.82, 2.24) is 0 Å². The number of ether oxygens (including phenoxy) is 1. The van der Waals surface area contributed by atoms with Crippen LogP contribution in [0.2, 0.25) is 10.0 Å². The third-order valence-electron chi connectivity index (χ3n) is 3.83. The average Bonchev–Trinajstić information content (AvgIpc) is 2.79. The van der Waals surface area contributed by atoms with Gasteiger partial charge in [0.25, 0.3) is 0 Å². The molecule has 0 heterocycles. The number of hydrogen-bond acceptors (Lipinski definition) is 2. The van der Waals surface area contributed by atoms with Crippen LogP contribution in [0.25, 0.3) is 0 Å². The summed E-state index contributed by atoms with van der Waals surface area (Å²) in [5, 5.41) is 11.4. The minimum absolute atomic E-state index is 0.116. The summed E-state index contributed by atoms with van der Waals surface area (Å²) in [7, 11) is 1.62. The summed E-state index contributed by atoms with van der Waals surface area (Å²) in [6, 6.07) is 11.5. The highest BCUT2D eigenvalue weighted by atomic mass is 35.5. The number of halogens is 2. The quantitative estimate of drug-likeness (QED) is 0.880. The molecule has 20 heavy (non-hydrogen) atoms. The smallest absolute Gasteiger partial charge is 0.124 e. The van der Waals surface area contributed by atoms with E-state index in [0.29, 0.717) is 16.5 Å². The molecule has 0 saturated heterocycles. The van der Waals surface area contributed by atoms with E-state index >= 15 is 0 Å². The van der Waals surface area contributed by atoms with Crippen LogP contribution in [0.3, 0.4) is 0 Å². The van der Waals surface area contributed by atoms with E-state index in [-0.39, 0.29) is 5.92 Å². The Bertz CT molecular complexity index is 655. The van der Waals surface area contributed by atoms with Gasteiger partial charge in [0, 0.05) is 11.5 Å². The van der Waals surface area contributed by atoms with Gasteiger partial charge in [0.1, 0.15) is 5.75 Å². The van der Waals surface area contributed by atoms with Gasteiger partial charge in [-0.2, -0.15) is 0 Å². The second-order valence-electron chi connectivity index (χ2n) is 4.94. The van der Waals surface area contributed by atoms with Gasteiger partial charge in [-0.05, 0) is 35.7 Å². The number of fused-ring (bicyclic) bond motifs is 1. The van der Waals surface area contributed by atoms with Gasteiger partial charge in [-0.1, -0.05) is 41.4 Å². The van der Waals surface area contributed by atoms with Crippen molar-refractivity contribution in [3.8, 4) is 5.75 Å². The van der Waals surface area contributed by atoms with E-state index in [2.05, 4.69) is 0 Å². The lowest BCUT2D eigenvalue weighted by atomic mass is 9.93. The maximum Gasteiger partial charge on any atom is 0.124 e. The molecular weight excluding hydrogens is 295 g/mol. The number of aliphatic hydroxyl groups is 1. The molecule has 0 aliphatic heterocycles. The third-order valence-corrected chi connectivity index (χ3v) is 4.57. The average molecular weight is 309 g/mol. The zero-order valence-electron chi connectivity index (χ0n) is 10.9. The highest BCUT2D eigenvalue weighted by molar-refractivity contribution is 6.42. The molecule has 0 radical (unpaired) electrons. The van der Waals surface area contributed by atoms with Crippen molar-refractivity contribution >= 4 is 23.2 Å². The first-order chi connectivity index (χ1) is 9.61. The molecule has 2 atom stereocenters. The minimum Gasteiger partial charge on any atom is -0.496 e. The lowest BCUT2D eigenvalue weighted by molar-refractivity contribution is 0.172. The topological polar surface area (TPSA) is 29.5 Å². The molecule has 4 heteroatoms. The molecule has 0 bridgehead atoms. The van der Waals surface area contributed by atoms with Gasteiger partial charge < -0.3 is 9.84 Å². The van der Waals surface area contributed by atoms with Crippen molar-refractivity contribution in [3.05, 3.63) is 63.1 Å². The summed E-state index contributed by atoms with van der Waals surface area (Å²) in [6.45, 7) is 0. The lowest BCUT2D eigenvalue weighted by Crippen LogP contribution is -1.96. The SMILES string of the molecule is COc1cccc2c1[C@@H](O)C[C@H]2c1ccc(Cl)c(Cl)c1. The van der Waals surface area contributed by atoms with Gasteiger partial charge in [-0.15, -0.1) is 0 Å². The van der Waals surface area contributed by atoms with Crippen molar-refractivity contribution in [3.63, 3.8) is 0 Å². The van der Waals surface area contributed by atoms with Crippen molar-refractivity contribution in [2.45, 2.75) is 18.4 Å². The molecule has 0 fully saturated rings. The van der Waals surface area contributed by atoms with Crippen LogP contribution in [0.15, 0.2) is 36.4 Å². The summed E-state index contributed by atoms with van der Waals surface area (Å²) in [5.41, 5.74) is 3.03. The maximum atomic E-state index is 10.3. The number of aliphatic hydroxyl groups excluding tert-OH is 1. The van der Waals surface area contributed by atoms with E-state index in [1.54, 1.807) is 13.2 Å². The molecule has 1 N–H and O–H groups in total. The summed E-state index contributed by atoms with van der Waals surface area (Å²) in [5.74, 6) is 0.849. The molecule has 0 unspecified atom stereocenters. The van der Waals surface area contributed by atoms with Crippen molar-refractivity contribution in [1.29, 1.82) is 0 Å². The molecule has 0 spiro atoms. The zero-order chi connectivity index (χ0) is 14.3. The standard InChI is InChI=1S/C16H14Cl2O2/c1-20-15-4-2-3-10-11(8-14(19)16(10)15)9-5-6-12(17)13(18)7-9/h2-7,11,14,19H,8H2,1H3/t11-,14-/m0/s1. The predicted octanol–water partition coefficient (Wildman–Crippen LogP) is 4.57. The van der Waals surface area contributed by atoms with Gasteiger partial charge in [0.05, 0.1) is 23.3 Å². The minimum atomic E-state index is -0.513. The van der Waals surface area contributed by atoms with Crippen LogP contribution in [0.5, 0.6) is 5.75 Å². The first-order valence-electron chi connectivity index (χ1n) is 6.41. The maximum absolute atomic E-state index is 10.3. The molecule has 0 saturated carbocycles. The van der Waals surface area contributed by atoms with Crippen molar-refractivity contribution < 1.29 is 9.84 Å². The van der Waals surface area contributed by atoms with Crippen LogP contribution in [0, 0.1) is 0 Å².